The lowest BCUT2D eigenvalue weighted by Crippen LogP contribution is -2.35. The van der Waals surface area contributed by atoms with Crippen LogP contribution in [-0.2, 0) is 14.3 Å². The van der Waals surface area contributed by atoms with Crippen LogP contribution in [0.5, 0.6) is 0 Å². The standard InChI is InChI=1S/C14H23NO3/c1-11(5-4-6-12(2)10-16)9-14-15(13(3)17)7-8-18-14/h6,10-11,14H,4-5,7-9H2,1-3H3/b12-6+. The number of ether oxygens (including phenoxy) is 1. The van der Waals surface area contributed by atoms with Gasteiger partial charge >= 0.3 is 0 Å². The van der Waals surface area contributed by atoms with Crippen molar-refractivity contribution in [2.75, 3.05) is 13.2 Å². The van der Waals surface area contributed by atoms with Crippen LogP contribution in [0.25, 0.3) is 0 Å². The minimum Gasteiger partial charge on any atom is -0.356 e. The second kappa shape index (κ2) is 7.31. The first kappa shape index (κ1) is 14.9. The summed E-state index contributed by atoms with van der Waals surface area (Å²) in [6.45, 7) is 6.90. The van der Waals surface area contributed by atoms with Crippen molar-refractivity contribution in [2.45, 2.75) is 46.3 Å². The number of aldehydes is 1. The predicted octanol–water partition coefficient (Wildman–Crippen LogP) is 2.14. The van der Waals surface area contributed by atoms with Gasteiger partial charge in [-0.25, -0.2) is 0 Å². The van der Waals surface area contributed by atoms with E-state index in [1.807, 2.05) is 13.0 Å². The molecule has 1 heterocycles. The SMILES string of the molecule is CC(=O)N1CCOC1CC(C)CC/C=C(\C)C=O. The summed E-state index contributed by atoms with van der Waals surface area (Å²) >= 11 is 0. The minimum absolute atomic E-state index is 0.0614. The molecule has 1 saturated heterocycles. The first-order valence-corrected chi connectivity index (χ1v) is 6.55. The van der Waals surface area contributed by atoms with Crippen molar-refractivity contribution in [3.8, 4) is 0 Å². The highest BCUT2D eigenvalue weighted by Gasteiger charge is 2.28. The Hall–Kier alpha value is -1.16. The average molecular weight is 253 g/mol. The predicted molar refractivity (Wildman–Crippen MR) is 70.0 cm³/mol. The number of rotatable bonds is 6. The molecule has 0 aromatic carbocycles. The van der Waals surface area contributed by atoms with Crippen LogP contribution >= 0.6 is 0 Å². The Morgan fingerprint density at radius 1 is 1.50 bits per heavy atom. The van der Waals surface area contributed by atoms with E-state index < -0.39 is 0 Å². The van der Waals surface area contributed by atoms with Crippen molar-refractivity contribution in [2.24, 2.45) is 5.92 Å². The van der Waals surface area contributed by atoms with E-state index in [-0.39, 0.29) is 12.1 Å². The third kappa shape index (κ3) is 4.61. The van der Waals surface area contributed by atoms with Crippen molar-refractivity contribution in [3.63, 3.8) is 0 Å². The van der Waals surface area contributed by atoms with Crippen LogP contribution < -0.4 is 0 Å². The molecule has 0 aliphatic carbocycles. The highest BCUT2D eigenvalue weighted by atomic mass is 16.5. The van der Waals surface area contributed by atoms with Crippen molar-refractivity contribution in [3.05, 3.63) is 11.6 Å². The molecular weight excluding hydrogens is 230 g/mol. The second-order valence-corrected chi connectivity index (χ2v) is 5.02. The fourth-order valence-corrected chi connectivity index (χ4v) is 2.18. The van der Waals surface area contributed by atoms with Crippen LogP contribution in [0.2, 0.25) is 0 Å². The Labute approximate surface area is 109 Å². The van der Waals surface area contributed by atoms with Gasteiger partial charge in [-0.1, -0.05) is 13.0 Å². The van der Waals surface area contributed by atoms with E-state index in [1.54, 1.807) is 11.8 Å². The zero-order chi connectivity index (χ0) is 13.5. The topological polar surface area (TPSA) is 46.6 Å². The Kier molecular flexibility index (Phi) is 6.05. The van der Waals surface area contributed by atoms with Gasteiger partial charge < -0.3 is 9.64 Å². The molecule has 0 aromatic rings. The van der Waals surface area contributed by atoms with E-state index in [1.165, 1.54) is 0 Å². The van der Waals surface area contributed by atoms with Gasteiger partial charge in [0.05, 0.1) is 6.61 Å². The summed E-state index contributed by atoms with van der Waals surface area (Å²) < 4.78 is 5.58. The van der Waals surface area contributed by atoms with Crippen molar-refractivity contribution < 1.29 is 14.3 Å². The number of carbonyl (C=O) groups excluding carboxylic acids is 2. The van der Waals surface area contributed by atoms with Gasteiger partial charge in [0.2, 0.25) is 5.91 Å². The van der Waals surface area contributed by atoms with Gasteiger partial charge in [0.1, 0.15) is 12.5 Å². The molecule has 1 fully saturated rings. The van der Waals surface area contributed by atoms with E-state index in [4.69, 9.17) is 4.74 Å². The van der Waals surface area contributed by atoms with Gasteiger partial charge in [-0.05, 0) is 37.7 Å². The maximum atomic E-state index is 11.4. The smallest absolute Gasteiger partial charge is 0.221 e. The molecule has 1 aliphatic rings. The van der Waals surface area contributed by atoms with E-state index in [9.17, 15) is 9.59 Å². The molecule has 0 spiro atoms. The molecule has 2 atom stereocenters. The van der Waals surface area contributed by atoms with Crippen LogP contribution in [0.3, 0.4) is 0 Å². The van der Waals surface area contributed by atoms with Crippen LogP contribution in [0.1, 0.15) is 40.0 Å². The maximum absolute atomic E-state index is 11.4. The third-order valence-corrected chi connectivity index (χ3v) is 3.31. The zero-order valence-corrected chi connectivity index (χ0v) is 11.5. The van der Waals surface area contributed by atoms with Gasteiger partial charge in [-0.2, -0.15) is 0 Å². The lowest BCUT2D eigenvalue weighted by molar-refractivity contribution is -0.134. The lowest BCUT2D eigenvalue weighted by atomic mass is 9.99. The summed E-state index contributed by atoms with van der Waals surface area (Å²) in [4.78, 5) is 23.6. The first-order chi connectivity index (χ1) is 8.54. The number of allylic oxidation sites excluding steroid dienone is 2. The fourth-order valence-electron chi connectivity index (χ4n) is 2.18. The minimum atomic E-state index is -0.0614. The van der Waals surface area contributed by atoms with E-state index >= 15 is 0 Å². The largest absolute Gasteiger partial charge is 0.356 e. The van der Waals surface area contributed by atoms with Crippen LogP contribution in [0.4, 0.5) is 0 Å². The number of carbonyl (C=O) groups is 2. The molecule has 2 unspecified atom stereocenters. The Balaban J connectivity index is 2.33. The van der Waals surface area contributed by atoms with Crippen LogP contribution in [0.15, 0.2) is 11.6 Å². The van der Waals surface area contributed by atoms with E-state index in [0.717, 1.165) is 31.1 Å². The highest BCUT2D eigenvalue weighted by molar-refractivity contribution is 5.73. The van der Waals surface area contributed by atoms with E-state index in [2.05, 4.69) is 6.92 Å². The molecule has 4 nitrogen and oxygen atoms in total. The maximum Gasteiger partial charge on any atom is 0.221 e. The van der Waals surface area contributed by atoms with Crippen LogP contribution in [0, 0.1) is 5.92 Å². The number of amides is 1. The summed E-state index contributed by atoms with van der Waals surface area (Å²) in [5.74, 6) is 0.562. The molecule has 1 aliphatic heterocycles. The summed E-state index contributed by atoms with van der Waals surface area (Å²) in [7, 11) is 0. The number of hydrogen-bond donors (Lipinski definition) is 0. The number of nitrogens with zero attached hydrogens (tertiary/aromatic N) is 1. The van der Waals surface area contributed by atoms with Gasteiger partial charge in [0.25, 0.3) is 0 Å². The molecular formula is C14H23NO3. The fraction of sp³-hybridized carbons (Fsp3) is 0.714. The zero-order valence-electron chi connectivity index (χ0n) is 11.5. The van der Waals surface area contributed by atoms with E-state index in [0.29, 0.717) is 19.1 Å². The molecule has 0 radical (unpaired) electrons. The Bertz CT molecular complexity index is 325. The lowest BCUT2D eigenvalue weighted by Gasteiger charge is -2.24. The van der Waals surface area contributed by atoms with Gasteiger partial charge in [0, 0.05) is 13.5 Å². The molecule has 102 valence electrons. The van der Waals surface area contributed by atoms with Gasteiger partial charge in [-0.3, -0.25) is 9.59 Å². The normalized spacial score (nSPS) is 22.1. The number of hydrogen-bond acceptors (Lipinski definition) is 3. The third-order valence-electron chi connectivity index (χ3n) is 3.31. The summed E-state index contributed by atoms with van der Waals surface area (Å²) in [5.41, 5.74) is 0.782. The summed E-state index contributed by atoms with van der Waals surface area (Å²) in [6.07, 6.45) is 5.56. The molecule has 4 heteroatoms. The molecule has 18 heavy (non-hydrogen) atoms. The molecule has 0 aromatic heterocycles. The van der Waals surface area contributed by atoms with Crippen molar-refractivity contribution >= 4 is 12.2 Å². The van der Waals surface area contributed by atoms with Crippen molar-refractivity contribution in [1.82, 2.24) is 4.90 Å². The Morgan fingerprint density at radius 3 is 2.83 bits per heavy atom. The van der Waals surface area contributed by atoms with Crippen LogP contribution in [-0.4, -0.2) is 36.5 Å². The molecule has 0 N–H and O–H groups in total. The highest BCUT2D eigenvalue weighted by Crippen LogP contribution is 2.21. The molecule has 1 amide bonds. The molecule has 0 saturated carbocycles. The first-order valence-electron chi connectivity index (χ1n) is 6.55. The summed E-state index contributed by atoms with van der Waals surface area (Å²) in [6, 6.07) is 0. The quantitative estimate of drug-likeness (QED) is 0.538. The van der Waals surface area contributed by atoms with Gasteiger partial charge in [0.15, 0.2) is 0 Å². The molecule has 0 bridgehead atoms. The monoisotopic (exact) mass is 253 g/mol. The van der Waals surface area contributed by atoms with Gasteiger partial charge in [-0.15, -0.1) is 0 Å². The Morgan fingerprint density at radius 2 is 2.22 bits per heavy atom. The average Bonchev–Trinajstić information content (AvgIpc) is 2.76. The molecule has 1 rings (SSSR count). The summed E-state index contributed by atoms with van der Waals surface area (Å²) in [5, 5.41) is 0. The second-order valence-electron chi connectivity index (χ2n) is 5.02. The van der Waals surface area contributed by atoms with Crippen molar-refractivity contribution in [1.29, 1.82) is 0 Å².